The predicted octanol–water partition coefficient (Wildman–Crippen LogP) is 1.85. The number of carbonyl (C=O) groups excluding carboxylic acids is 3. The quantitative estimate of drug-likeness (QED) is 0.0415. The van der Waals surface area contributed by atoms with Gasteiger partial charge in [-0.3, -0.25) is 32.5 Å². The molecule has 0 aliphatic carbocycles. The summed E-state index contributed by atoms with van der Waals surface area (Å²) >= 11 is 1.42. The van der Waals surface area contributed by atoms with Gasteiger partial charge in [-0.1, -0.05) is 59.3 Å². The van der Waals surface area contributed by atoms with Crippen molar-refractivity contribution >= 4 is 69.8 Å². The van der Waals surface area contributed by atoms with Gasteiger partial charge in [0.1, 0.15) is 42.0 Å². The first-order chi connectivity index (χ1) is 28.1. The fourth-order valence-corrected chi connectivity index (χ4v) is 9.33. The third kappa shape index (κ3) is 17.4. The van der Waals surface area contributed by atoms with Crippen LogP contribution in [0.3, 0.4) is 0 Å². The summed E-state index contributed by atoms with van der Waals surface area (Å²) in [5.74, 6) is -0.318. The number of anilines is 1. The van der Waals surface area contributed by atoms with E-state index in [4.69, 9.17) is 19.5 Å². The van der Waals surface area contributed by atoms with Crippen LogP contribution in [0.25, 0.3) is 11.2 Å². The molecular formula is C32H56N7O17P3S. The monoisotopic (exact) mass is 935 g/mol. The molecular weight excluding hydrogens is 879 g/mol. The van der Waals surface area contributed by atoms with Crippen molar-refractivity contribution in [2.75, 3.05) is 43.5 Å². The standard InChI is InChI=1S/C32H56N7O17P3S/c1-4-5-6-7-8-9-10-11-21(40)17-60-15-14-34-23(41)12-13-35-30(44)27(43)32(2,3)18-53-59(50,51)56-58(48,49)52-16-22-26(55-57(45,46)47)25(42)31(54-22)39-20-38-24-28(33)36-19-37-29(24)39/h19-20,22,25-27,31,42-43H,4-18H2,1-3H3,(H,34,41)(H,35,44)(H,48,49)(H,50,51)(H2,33,36,37)(H2,45,46,47)/t22-,25+,26+,27+,31?/m1/s1. The molecule has 3 heterocycles. The first kappa shape index (κ1) is 51.9. The van der Waals surface area contributed by atoms with E-state index in [1.165, 1.54) is 51.3 Å². The number of phosphoric ester groups is 3. The fourth-order valence-electron chi connectivity index (χ4n) is 5.74. The molecule has 2 amide bonds. The molecule has 0 saturated carbocycles. The maximum atomic E-state index is 12.7. The molecule has 2 aromatic rings. The number of ether oxygens (including phenoxy) is 1. The number of hydrogen-bond acceptors (Lipinski definition) is 18. The second-order valence-electron chi connectivity index (χ2n) is 14.5. The summed E-state index contributed by atoms with van der Waals surface area (Å²) in [5.41, 5.74) is 4.29. The highest BCUT2D eigenvalue weighted by molar-refractivity contribution is 7.99. The minimum atomic E-state index is -5.57. The number of hydrogen-bond donors (Lipinski definition) is 9. The first-order valence-corrected chi connectivity index (χ1v) is 24.7. The van der Waals surface area contributed by atoms with Crippen LogP contribution < -0.4 is 16.4 Å². The molecule has 2 aromatic heterocycles. The zero-order valence-corrected chi connectivity index (χ0v) is 36.9. The SMILES string of the molecule is CCCCCCCCCC(=O)CSCCNC(=O)CCNC(=O)[C@H](O)C(C)(C)COP(=O)(O)OP(=O)(O)OC[C@H]1OC(n2cnc3c(N)ncnc32)[C@@H](O)[C@H]1OP(=O)(O)O. The van der Waals surface area contributed by atoms with Crippen LogP contribution in [0.4, 0.5) is 5.82 Å². The number of nitrogens with one attached hydrogen (secondary N) is 2. The number of thioether (sulfide) groups is 1. The Labute approximate surface area is 350 Å². The van der Waals surface area contributed by atoms with Gasteiger partial charge in [0.15, 0.2) is 17.7 Å². The summed E-state index contributed by atoms with van der Waals surface area (Å²) < 4.78 is 62.3. The number of ketones is 1. The molecule has 342 valence electrons. The van der Waals surface area contributed by atoms with E-state index in [0.717, 1.165) is 36.5 Å². The lowest BCUT2D eigenvalue weighted by Gasteiger charge is -2.30. The summed E-state index contributed by atoms with van der Waals surface area (Å²) in [6.07, 6.45) is 1.62. The number of nitrogens with zero attached hydrogens (tertiary/aromatic N) is 4. The topological polar surface area (TPSA) is 364 Å². The van der Waals surface area contributed by atoms with Crippen molar-refractivity contribution < 1.29 is 80.5 Å². The zero-order valence-electron chi connectivity index (χ0n) is 33.4. The number of phosphoric acid groups is 3. The largest absolute Gasteiger partial charge is 0.481 e. The van der Waals surface area contributed by atoms with Crippen LogP contribution in [-0.2, 0) is 50.7 Å². The molecule has 0 bridgehead atoms. The summed E-state index contributed by atoms with van der Waals surface area (Å²) in [4.78, 5) is 87.9. The molecule has 3 rings (SSSR count). The Bertz CT molecular complexity index is 1870. The van der Waals surface area contributed by atoms with Gasteiger partial charge in [0.05, 0.1) is 25.3 Å². The van der Waals surface area contributed by atoms with E-state index < -0.39 is 78.6 Å². The zero-order chi connectivity index (χ0) is 44.7. The summed E-state index contributed by atoms with van der Waals surface area (Å²) in [5, 5.41) is 26.5. The van der Waals surface area contributed by atoms with Crippen LogP contribution in [0.2, 0.25) is 0 Å². The van der Waals surface area contributed by atoms with Crippen molar-refractivity contribution in [3.8, 4) is 0 Å². The second-order valence-corrected chi connectivity index (χ2v) is 19.9. The fraction of sp³-hybridized carbons (Fsp3) is 0.750. The van der Waals surface area contributed by atoms with Gasteiger partial charge < -0.3 is 50.9 Å². The van der Waals surface area contributed by atoms with Crippen molar-refractivity contribution in [1.29, 1.82) is 0 Å². The molecule has 0 spiro atoms. The van der Waals surface area contributed by atoms with Crippen LogP contribution in [-0.4, -0.2) is 129 Å². The molecule has 1 aliphatic rings. The lowest BCUT2D eigenvalue weighted by molar-refractivity contribution is -0.137. The van der Waals surface area contributed by atoms with Crippen LogP contribution in [0.5, 0.6) is 0 Å². The number of fused-ring (bicyclic) bond motifs is 1. The lowest BCUT2D eigenvalue weighted by atomic mass is 9.87. The number of carbonyl (C=O) groups is 3. The van der Waals surface area contributed by atoms with Gasteiger partial charge in [0.2, 0.25) is 11.8 Å². The van der Waals surface area contributed by atoms with Crippen molar-refractivity contribution in [2.45, 2.75) is 109 Å². The van der Waals surface area contributed by atoms with E-state index in [-0.39, 0.29) is 41.6 Å². The van der Waals surface area contributed by atoms with Crippen molar-refractivity contribution in [3.05, 3.63) is 12.7 Å². The number of aliphatic hydroxyl groups is 2. The maximum absolute atomic E-state index is 12.7. The van der Waals surface area contributed by atoms with Crippen LogP contribution in [0.15, 0.2) is 12.7 Å². The number of aliphatic hydroxyl groups excluding tert-OH is 2. The number of unbranched alkanes of at least 4 members (excludes halogenated alkanes) is 6. The van der Waals surface area contributed by atoms with Crippen LogP contribution in [0, 0.1) is 5.41 Å². The molecule has 1 saturated heterocycles. The molecule has 0 radical (unpaired) electrons. The molecule has 1 fully saturated rings. The molecule has 3 unspecified atom stereocenters. The Hall–Kier alpha value is -2.44. The van der Waals surface area contributed by atoms with Gasteiger partial charge in [0, 0.05) is 37.1 Å². The highest BCUT2D eigenvalue weighted by Crippen LogP contribution is 2.61. The molecule has 7 atom stereocenters. The number of nitrogen functional groups attached to an aromatic ring is 1. The van der Waals surface area contributed by atoms with E-state index >= 15 is 0 Å². The van der Waals surface area contributed by atoms with Gasteiger partial charge in [-0.05, 0) is 6.42 Å². The number of imidazole rings is 1. The Morgan fingerprint density at radius 1 is 0.967 bits per heavy atom. The Balaban J connectivity index is 1.40. The average molecular weight is 936 g/mol. The van der Waals surface area contributed by atoms with Crippen molar-refractivity contribution in [3.63, 3.8) is 0 Å². The molecule has 28 heteroatoms. The molecule has 0 aromatic carbocycles. The highest BCUT2D eigenvalue weighted by atomic mass is 32.2. The Morgan fingerprint density at radius 3 is 2.32 bits per heavy atom. The van der Waals surface area contributed by atoms with E-state index in [1.54, 1.807) is 0 Å². The van der Waals surface area contributed by atoms with Gasteiger partial charge in [0.25, 0.3) is 0 Å². The number of nitrogens with two attached hydrogens (primary N) is 1. The number of rotatable bonds is 29. The second kappa shape index (κ2) is 23.9. The normalized spacial score (nSPS) is 21.0. The average Bonchev–Trinajstić information content (AvgIpc) is 3.72. The Morgan fingerprint density at radius 2 is 1.63 bits per heavy atom. The van der Waals surface area contributed by atoms with E-state index in [1.807, 2.05) is 0 Å². The van der Waals surface area contributed by atoms with E-state index in [0.29, 0.717) is 24.5 Å². The van der Waals surface area contributed by atoms with Crippen molar-refractivity contribution in [2.24, 2.45) is 5.41 Å². The smallest absolute Gasteiger partial charge is 0.386 e. The summed E-state index contributed by atoms with van der Waals surface area (Å²) in [6, 6.07) is 0. The van der Waals surface area contributed by atoms with Crippen LogP contribution in [0.1, 0.15) is 84.8 Å². The van der Waals surface area contributed by atoms with Crippen molar-refractivity contribution in [1.82, 2.24) is 30.2 Å². The minimum Gasteiger partial charge on any atom is -0.386 e. The van der Waals surface area contributed by atoms with Gasteiger partial charge in [-0.25, -0.2) is 28.6 Å². The molecule has 60 heavy (non-hydrogen) atoms. The Kier molecular flexibility index (Phi) is 20.6. The number of amides is 2. The van der Waals surface area contributed by atoms with Gasteiger partial charge >= 0.3 is 23.5 Å². The third-order valence-corrected chi connectivity index (χ3v) is 13.1. The third-order valence-electron chi connectivity index (χ3n) is 8.97. The molecule has 24 nitrogen and oxygen atoms in total. The number of aromatic nitrogens is 4. The molecule has 10 N–H and O–H groups in total. The van der Waals surface area contributed by atoms with Crippen LogP contribution >= 0.6 is 35.2 Å². The summed E-state index contributed by atoms with van der Waals surface area (Å²) in [7, 11) is -16.4. The minimum absolute atomic E-state index is 0.0337. The summed E-state index contributed by atoms with van der Waals surface area (Å²) in [6.45, 7) is 2.84. The predicted molar refractivity (Wildman–Crippen MR) is 215 cm³/mol. The first-order valence-electron chi connectivity index (χ1n) is 19.0. The van der Waals surface area contributed by atoms with Gasteiger partial charge in [-0.15, -0.1) is 0 Å². The van der Waals surface area contributed by atoms with E-state index in [2.05, 4.69) is 41.3 Å². The lowest BCUT2D eigenvalue weighted by Crippen LogP contribution is -2.46. The number of Topliss-reactive ketones (excluding diaryl/α,β-unsaturated/α-hetero) is 1. The maximum Gasteiger partial charge on any atom is 0.481 e. The highest BCUT2D eigenvalue weighted by Gasteiger charge is 2.50. The molecule has 1 aliphatic heterocycles. The van der Waals surface area contributed by atoms with E-state index in [9.17, 15) is 57.9 Å². The van der Waals surface area contributed by atoms with Gasteiger partial charge in [-0.2, -0.15) is 16.1 Å².